The highest BCUT2D eigenvalue weighted by molar-refractivity contribution is 9.10. The van der Waals surface area contributed by atoms with Gasteiger partial charge in [-0.05, 0) is 42.7 Å². The molecule has 0 aliphatic carbocycles. The number of halogens is 3. The molecule has 1 unspecified atom stereocenters. The van der Waals surface area contributed by atoms with Gasteiger partial charge in [-0.2, -0.15) is 0 Å². The fourth-order valence-corrected chi connectivity index (χ4v) is 2.85. The van der Waals surface area contributed by atoms with Gasteiger partial charge in [-0.1, -0.05) is 45.8 Å². The lowest BCUT2D eigenvalue weighted by atomic mass is 9.92. The third-order valence-corrected chi connectivity index (χ3v) is 4.32. The van der Waals surface area contributed by atoms with E-state index in [1.165, 1.54) is 17.2 Å². The largest absolute Gasteiger partial charge is 0.207 e. The highest BCUT2D eigenvalue weighted by Gasteiger charge is 2.13. The van der Waals surface area contributed by atoms with Crippen molar-refractivity contribution in [1.29, 1.82) is 0 Å². The topological polar surface area (TPSA) is 0 Å². The highest BCUT2D eigenvalue weighted by atomic mass is 79.9. The van der Waals surface area contributed by atoms with Crippen LogP contribution in [0, 0.1) is 12.7 Å². The number of hydrogen-bond donors (Lipinski definition) is 0. The molecule has 0 N–H and O–H groups in total. The van der Waals surface area contributed by atoms with E-state index < -0.39 is 0 Å². The summed E-state index contributed by atoms with van der Waals surface area (Å²) < 4.78 is 14.2. The molecule has 0 nitrogen and oxygen atoms in total. The fourth-order valence-electron chi connectivity index (χ4n) is 2.15. The molecule has 0 saturated carbocycles. The molecule has 100 valence electrons. The van der Waals surface area contributed by atoms with Gasteiger partial charge in [0.2, 0.25) is 0 Å². The monoisotopic (exact) mass is 340 g/mol. The molecule has 2 rings (SSSR count). The maximum Gasteiger partial charge on any atom is 0.123 e. The van der Waals surface area contributed by atoms with E-state index in [2.05, 4.69) is 41.1 Å². The van der Waals surface area contributed by atoms with Gasteiger partial charge in [0, 0.05) is 16.3 Å². The van der Waals surface area contributed by atoms with E-state index in [0.29, 0.717) is 5.88 Å². The minimum atomic E-state index is -0.212. The standard InChI is InChI=1S/C16H15BrClF/c1-11-3-2-4-12(7-11)14(10-18)8-13-9-15(19)5-6-16(13)17/h2-7,9,14H,8,10H2,1H3. The summed E-state index contributed by atoms with van der Waals surface area (Å²) in [6.07, 6.45) is 0.727. The Balaban J connectivity index is 2.26. The zero-order valence-corrected chi connectivity index (χ0v) is 13.0. The minimum absolute atomic E-state index is 0.194. The molecule has 0 amide bonds. The van der Waals surface area contributed by atoms with Crippen LogP contribution in [0.15, 0.2) is 46.9 Å². The van der Waals surface area contributed by atoms with Crippen LogP contribution in [-0.2, 0) is 6.42 Å². The van der Waals surface area contributed by atoms with Gasteiger partial charge in [0.15, 0.2) is 0 Å². The molecule has 0 aliphatic heterocycles. The molecule has 0 radical (unpaired) electrons. The first-order valence-electron chi connectivity index (χ1n) is 6.16. The van der Waals surface area contributed by atoms with Crippen molar-refractivity contribution in [2.75, 3.05) is 5.88 Å². The maximum atomic E-state index is 13.3. The Morgan fingerprint density at radius 2 is 2.00 bits per heavy atom. The molecule has 0 aromatic heterocycles. The quantitative estimate of drug-likeness (QED) is 0.648. The van der Waals surface area contributed by atoms with Crippen LogP contribution in [0.3, 0.4) is 0 Å². The number of alkyl halides is 1. The second-order valence-corrected chi connectivity index (χ2v) is 5.87. The highest BCUT2D eigenvalue weighted by Crippen LogP contribution is 2.27. The lowest BCUT2D eigenvalue weighted by molar-refractivity contribution is 0.622. The van der Waals surface area contributed by atoms with Crippen molar-refractivity contribution in [2.24, 2.45) is 0 Å². The zero-order chi connectivity index (χ0) is 13.8. The first kappa shape index (κ1) is 14.5. The molecule has 3 heteroatoms. The maximum absolute atomic E-state index is 13.3. The van der Waals surface area contributed by atoms with Crippen LogP contribution >= 0.6 is 27.5 Å². The molecular formula is C16H15BrClF. The molecule has 2 aromatic rings. The summed E-state index contributed by atoms with van der Waals surface area (Å²) >= 11 is 9.55. The van der Waals surface area contributed by atoms with E-state index in [1.54, 1.807) is 12.1 Å². The Bertz CT molecular complexity index is 568. The fraction of sp³-hybridized carbons (Fsp3) is 0.250. The van der Waals surface area contributed by atoms with Gasteiger partial charge in [0.1, 0.15) is 5.82 Å². The van der Waals surface area contributed by atoms with E-state index in [-0.39, 0.29) is 11.7 Å². The first-order chi connectivity index (χ1) is 9.10. The molecule has 0 spiro atoms. The van der Waals surface area contributed by atoms with Crippen LogP contribution in [0.1, 0.15) is 22.6 Å². The van der Waals surface area contributed by atoms with Crippen molar-refractivity contribution in [3.63, 3.8) is 0 Å². The van der Waals surface area contributed by atoms with Crippen molar-refractivity contribution in [2.45, 2.75) is 19.3 Å². The van der Waals surface area contributed by atoms with Gasteiger partial charge < -0.3 is 0 Å². The zero-order valence-electron chi connectivity index (χ0n) is 10.7. The molecule has 0 aliphatic rings. The van der Waals surface area contributed by atoms with Crippen LogP contribution in [0.5, 0.6) is 0 Å². The third kappa shape index (κ3) is 3.80. The van der Waals surface area contributed by atoms with Crippen molar-refractivity contribution < 1.29 is 4.39 Å². The summed E-state index contributed by atoms with van der Waals surface area (Å²) in [5.41, 5.74) is 3.37. The predicted octanol–water partition coefficient (Wildman–Crippen LogP) is 5.46. The lowest BCUT2D eigenvalue weighted by Crippen LogP contribution is -2.06. The van der Waals surface area contributed by atoms with Crippen LogP contribution < -0.4 is 0 Å². The van der Waals surface area contributed by atoms with Crippen LogP contribution in [-0.4, -0.2) is 5.88 Å². The van der Waals surface area contributed by atoms with Crippen molar-refractivity contribution in [1.82, 2.24) is 0 Å². The number of rotatable bonds is 4. The second-order valence-electron chi connectivity index (χ2n) is 4.71. The Morgan fingerprint density at radius 3 is 2.68 bits per heavy atom. The van der Waals surface area contributed by atoms with Gasteiger partial charge in [-0.3, -0.25) is 0 Å². The molecule has 0 heterocycles. The van der Waals surface area contributed by atoms with Crippen LogP contribution in [0.4, 0.5) is 4.39 Å². The summed E-state index contributed by atoms with van der Waals surface area (Å²) in [5.74, 6) is 0.502. The molecule has 0 saturated heterocycles. The Labute approximate surface area is 126 Å². The van der Waals surface area contributed by atoms with Crippen LogP contribution in [0.2, 0.25) is 0 Å². The minimum Gasteiger partial charge on any atom is -0.207 e. The number of hydrogen-bond acceptors (Lipinski definition) is 0. The molecule has 0 bridgehead atoms. The molecule has 19 heavy (non-hydrogen) atoms. The van der Waals surface area contributed by atoms with Gasteiger partial charge in [-0.25, -0.2) is 4.39 Å². The van der Waals surface area contributed by atoms with Crippen molar-refractivity contribution >= 4 is 27.5 Å². The van der Waals surface area contributed by atoms with E-state index >= 15 is 0 Å². The number of aryl methyl sites for hydroxylation is 1. The average Bonchev–Trinajstić information content (AvgIpc) is 2.39. The van der Waals surface area contributed by atoms with E-state index in [9.17, 15) is 4.39 Å². The number of benzene rings is 2. The van der Waals surface area contributed by atoms with Crippen molar-refractivity contribution in [3.05, 3.63) is 69.4 Å². The summed E-state index contributed by atoms with van der Waals surface area (Å²) in [7, 11) is 0. The average molecular weight is 342 g/mol. The summed E-state index contributed by atoms with van der Waals surface area (Å²) in [6, 6.07) is 13.1. The molecule has 0 fully saturated rings. The molecule has 2 aromatic carbocycles. The molecular weight excluding hydrogens is 327 g/mol. The summed E-state index contributed by atoms with van der Waals surface area (Å²) in [4.78, 5) is 0. The smallest absolute Gasteiger partial charge is 0.123 e. The van der Waals surface area contributed by atoms with E-state index in [4.69, 9.17) is 11.6 Å². The predicted molar refractivity (Wildman–Crippen MR) is 82.4 cm³/mol. The summed E-state index contributed by atoms with van der Waals surface area (Å²) in [5, 5.41) is 0. The van der Waals surface area contributed by atoms with E-state index in [0.717, 1.165) is 16.5 Å². The van der Waals surface area contributed by atoms with Gasteiger partial charge in [0.05, 0.1) is 0 Å². The third-order valence-electron chi connectivity index (χ3n) is 3.17. The Hall–Kier alpha value is -0.860. The normalized spacial score (nSPS) is 12.4. The lowest BCUT2D eigenvalue weighted by Gasteiger charge is -2.16. The Morgan fingerprint density at radius 1 is 1.21 bits per heavy atom. The van der Waals surface area contributed by atoms with Gasteiger partial charge >= 0.3 is 0 Å². The van der Waals surface area contributed by atoms with Gasteiger partial charge in [0.25, 0.3) is 0 Å². The van der Waals surface area contributed by atoms with Gasteiger partial charge in [-0.15, -0.1) is 11.6 Å². The Kier molecular flexibility index (Phi) is 5.00. The van der Waals surface area contributed by atoms with Crippen molar-refractivity contribution in [3.8, 4) is 0 Å². The van der Waals surface area contributed by atoms with E-state index in [1.807, 2.05) is 6.07 Å². The molecule has 1 atom stereocenters. The first-order valence-corrected chi connectivity index (χ1v) is 7.49. The SMILES string of the molecule is Cc1cccc(C(CCl)Cc2cc(F)ccc2Br)c1. The summed E-state index contributed by atoms with van der Waals surface area (Å²) in [6.45, 7) is 2.06. The second kappa shape index (κ2) is 6.53. The van der Waals surface area contributed by atoms with Crippen LogP contribution in [0.25, 0.3) is 0 Å².